The zero-order valence-electron chi connectivity index (χ0n) is 6.53. The number of alkyl halides is 3. The van der Waals surface area contributed by atoms with Gasteiger partial charge >= 0.3 is 6.18 Å². The van der Waals surface area contributed by atoms with E-state index in [4.69, 9.17) is 0 Å². The van der Waals surface area contributed by atoms with Crippen LogP contribution >= 0.6 is 0 Å². The maximum Gasteiger partial charge on any atom is 0.411 e. The van der Waals surface area contributed by atoms with Crippen LogP contribution in [0.4, 0.5) is 13.2 Å². The second-order valence-corrected chi connectivity index (χ2v) is 2.71. The quantitative estimate of drug-likeness (QED) is 0.588. The lowest BCUT2D eigenvalue weighted by Gasteiger charge is -2.21. The molecule has 1 nitrogen and oxygen atoms in total. The lowest BCUT2D eigenvalue weighted by Crippen LogP contribution is -2.28. The highest BCUT2D eigenvalue weighted by Crippen LogP contribution is 2.19. The van der Waals surface area contributed by atoms with E-state index in [0.717, 1.165) is 0 Å². The van der Waals surface area contributed by atoms with Crippen LogP contribution in [0.3, 0.4) is 0 Å². The molecular formula is C7H11F3O. The van der Waals surface area contributed by atoms with Gasteiger partial charge in [-0.15, -0.1) is 6.58 Å². The molecule has 0 amide bonds. The van der Waals surface area contributed by atoms with E-state index in [2.05, 4.69) is 11.3 Å². The van der Waals surface area contributed by atoms with E-state index < -0.39 is 18.4 Å². The average Bonchev–Trinajstić information content (AvgIpc) is 1.83. The molecule has 66 valence electrons. The van der Waals surface area contributed by atoms with Gasteiger partial charge in [0.2, 0.25) is 0 Å². The molecule has 0 bridgehead atoms. The summed E-state index contributed by atoms with van der Waals surface area (Å²) in [4.78, 5) is 0. The van der Waals surface area contributed by atoms with Crippen molar-refractivity contribution in [3.63, 3.8) is 0 Å². The Morgan fingerprint density at radius 2 is 1.82 bits per heavy atom. The van der Waals surface area contributed by atoms with E-state index in [1.54, 1.807) is 0 Å². The van der Waals surface area contributed by atoms with Crippen LogP contribution in [0.5, 0.6) is 0 Å². The summed E-state index contributed by atoms with van der Waals surface area (Å²) in [6.07, 6.45) is -2.93. The lowest BCUT2D eigenvalue weighted by molar-refractivity contribution is -0.192. The highest BCUT2D eigenvalue weighted by molar-refractivity contribution is 4.89. The van der Waals surface area contributed by atoms with E-state index in [-0.39, 0.29) is 0 Å². The zero-order chi connectivity index (χ0) is 9.12. The molecule has 0 aliphatic carbocycles. The molecule has 0 aromatic rings. The van der Waals surface area contributed by atoms with Gasteiger partial charge in [0.25, 0.3) is 0 Å². The van der Waals surface area contributed by atoms with E-state index >= 15 is 0 Å². The molecule has 0 N–H and O–H groups in total. The summed E-state index contributed by atoms with van der Waals surface area (Å²) in [5, 5.41) is 0. The molecule has 0 aliphatic rings. The fourth-order valence-corrected chi connectivity index (χ4v) is 0.327. The number of hydrogen-bond donors (Lipinski definition) is 0. The van der Waals surface area contributed by atoms with Gasteiger partial charge in [0, 0.05) is 0 Å². The summed E-state index contributed by atoms with van der Waals surface area (Å²) in [6, 6.07) is 0. The molecule has 0 saturated heterocycles. The van der Waals surface area contributed by atoms with Crippen LogP contribution < -0.4 is 0 Å². The highest BCUT2D eigenvalue weighted by atomic mass is 19.4. The summed E-state index contributed by atoms with van der Waals surface area (Å²) < 4.78 is 39.2. The Kier molecular flexibility index (Phi) is 3.11. The number of rotatable bonds is 3. The molecule has 0 unspecified atom stereocenters. The molecule has 0 atom stereocenters. The molecule has 0 aromatic carbocycles. The summed E-state index contributed by atoms with van der Waals surface area (Å²) in [6.45, 7) is 5.15. The fourth-order valence-electron chi connectivity index (χ4n) is 0.327. The molecule has 0 fully saturated rings. The summed E-state index contributed by atoms with van der Waals surface area (Å²) >= 11 is 0. The highest BCUT2D eigenvalue weighted by Gasteiger charge is 2.30. The minimum absolute atomic E-state index is 0.907. The molecule has 0 spiro atoms. The summed E-state index contributed by atoms with van der Waals surface area (Å²) in [5.74, 6) is 0. The number of halogens is 3. The second kappa shape index (κ2) is 3.26. The van der Waals surface area contributed by atoms with Crippen molar-refractivity contribution in [1.29, 1.82) is 0 Å². The van der Waals surface area contributed by atoms with Crippen molar-refractivity contribution in [2.24, 2.45) is 0 Å². The van der Waals surface area contributed by atoms with Gasteiger partial charge in [-0.1, -0.05) is 6.08 Å². The third-order valence-electron chi connectivity index (χ3n) is 1.10. The van der Waals surface area contributed by atoms with E-state index in [1.165, 1.54) is 19.9 Å². The van der Waals surface area contributed by atoms with E-state index in [1.807, 2.05) is 0 Å². The molecule has 0 aliphatic heterocycles. The van der Waals surface area contributed by atoms with Gasteiger partial charge in [-0.2, -0.15) is 13.2 Å². The van der Waals surface area contributed by atoms with Crippen molar-refractivity contribution in [3.8, 4) is 0 Å². The predicted molar refractivity (Wildman–Crippen MR) is 36.3 cm³/mol. The molecular weight excluding hydrogens is 157 g/mol. The Hall–Kier alpha value is -0.510. The van der Waals surface area contributed by atoms with Crippen LogP contribution in [0.1, 0.15) is 13.8 Å². The standard InChI is InChI=1S/C7H11F3O/c1-4-6(2,3)11-5-7(8,9)10/h4H,1,5H2,2-3H3. The molecule has 0 aromatic heterocycles. The van der Waals surface area contributed by atoms with E-state index in [9.17, 15) is 13.2 Å². The predicted octanol–water partition coefficient (Wildman–Crippen LogP) is 2.53. The van der Waals surface area contributed by atoms with Crippen LogP contribution in [-0.4, -0.2) is 18.4 Å². The van der Waals surface area contributed by atoms with Crippen LogP contribution in [-0.2, 0) is 4.74 Å². The zero-order valence-corrected chi connectivity index (χ0v) is 6.53. The van der Waals surface area contributed by atoms with E-state index in [0.29, 0.717) is 0 Å². The first-order chi connectivity index (χ1) is 4.77. The lowest BCUT2D eigenvalue weighted by atomic mass is 10.1. The first-order valence-corrected chi connectivity index (χ1v) is 3.11. The van der Waals surface area contributed by atoms with Crippen molar-refractivity contribution < 1.29 is 17.9 Å². The Labute approximate surface area is 63.8 Å². The van der Waals surface area contributed by atoms with Crippen LogP contribution in [0, 0.1) is 0 Å². The fraction of sp³-hybridized carbons (Fsp3) is 0.714. The average molecular weight is 168 g/mol. The number of ether oxygens (including phenoxy) is 1. The second-order valence-electron chi connectivity index (χ2n) is 2.71. The molecule has 0 rings (SSSR count). The maximum atomic E-state index is 11.6. The minimum Gasteiger partial charge on any atom is -0.362 e. The van der Waals surface area contributed by atoms with Crippen LogP contribution in [0.25, 0.3) is 0 Å². The third kappa shape index (κ3) is 5.91. The van der Waals surface area contributed by atoms with Gasteiger partial charge < -0.3 is 4.74 Å². The minimum atomic E-state index is -4.26. The van der Waals surface area contributed by atoms with Gasteiger partial charge in [0.05, 0.1) is 5.60 Å². The van der Waals surface area contributed by atoms with Crippen molar-refractivity contribution in [2.75, 3.05) is 6.61 Å². The number of hydrogen-bond acceptors (Lipinski definition) is 1. The SMILES string of the molecule is C=CC(C)(C)OCC(F)(F)F. The topological polar surface area (TPSA) is 9.23 Å². The molecule has 0 saturated carbocycles. The largest absolute Gasteiger partial charge is 0.411 e. The first-order valence-electron chi connectivity index (χ1n) is 3.11. The normalized spacial score (nSPS) is 13.2. The first kappa shape index (κ1) is 10.5. The van der Waals surface area contributed by atoms with Crippen molar-refractivity contribution in [2.45, 2.75) is 25.6 Å². The molecule has 0 radical (unpaired) electrons. The van der Waals surface area contributed by atoms with Gasteiger partial charge in [-0.25, -0.2) is 0 Å². The molecule has 0 heterocycles. The van der Waals surface area contributed by atoms with Crippen LogP contribution in [0.2, 0.25) is 0 Å². The monoisotopic (exact) mass is 168 g/mol. The van der Waals surface area contributed by atoms with Crippen LogP contribution in [0.15, 0.2) is 12.7 Å². The summed E-state index contributed by atoms with van der Waals surface area (Å²) in [7, 11) is 0. The van der Waals surface area contributed by atoms with Gasteiger partial charge in [0.1, 0.15) is 6.61 Å². The smallest absolute Gasteiger partial charge is 0.362 e. The molecule has 4 heteroatoms. The summed E-state index contributed by atoms with van der Waals surface area (Å²) in [5.41, 5.74) is -0.907. The van der Waals surface area contributed by atoms with Crippen molar-refractivity contribution in [3.05, 3.63) is 12.7 Å². The Balaban J connectivity index is 3.79. The van der Waals surface area contributed by atoms with Gasteiger partial charge in [0.15, 0.2) is 0 Å². The maximum absolute atomic E-state index is 11.6. The Morgan fingerprint density at radius 1 is 1.36 bits per heavy atom. The van der Waals surface area contributed by atoms with Crippen molar-refractivity contribution >= 4 is 0 Å². The molecule has 11 heavy (non-hydrogen) atoms. The van der Waals surface area contributed by atoms with Crippen molar-refractivity contribution in [1.82, 2.24) is 0 Å². The van der Waals surface area contributed by atoms with Gasteiger partial charge in [-0.3, -0.25) is 0 Å². The third-order valence-corrected chi connectivity index (χ3v) is 1.10. The Morgan fingerprint density at radius 3 is 2.09 bits per heavy atom. The van der Waals surface area contributed by atoms with Gasteiger partial charge in [-0.05, 0) is 13.8 Å². The Bertz CT molecular complexity index is 137.